The third-order valence-corrected chi connectivity index (χ3v) is 4.79. The molecule has 0 unspecified atom stereocenters. The molecule has 0 saturated heterocycles. The number of anilines is 1. The van der Waals surface area contributed by atoms with Crippen LogP contribution in [0.3, 0.4) is 0 Å². The van der Waals surface area contributed by atoms with Crippen LogP contribution in [0.5, 0.6) is 11.6 Å². The van der Waals surface area contributed by atoms with E-state index < -0.39 is 28.4 Å². The Morgan fingerprint density at radius 1 is 1.00 bits per heavy atom. The molecule has 0 aliphatic carbocycles. The van der Waals surface area contributed by atoms with Crippen LogP contribution in [-0.4, -0.2) is 35.1 Å². The molecule has 28 heavy (non-hydrogen) atoms. The van der Waals surface area contributed by atoms with Crippen molar-refractivity contribution >= 4 is 15.7 Å². The predicted octanol–water partition coefficient (Wildman–Crippen LogP) is 3.75. The van der Waals surface area contributed by atoms with Crippen molar-refractivity contribution in [1.82, 2.24) is 14.8 Å². The van der Waals surface area contributed by atoms with Gasteiger partial charge in [-0.3, -0.25) is 4.72 Å². The number of hydrogen-bond acceptors (Lipinski definition) is 5. The van der Waals surface area contributed by atoms with Crippen molar-refractivity contribution in [3.05, 3.63) is 60.9 Å². The summed E-state index contributed by atoms with van der Waals surface area (Å²) < 4.78 is 69.3. The van der Waals surface area contributed by atoms with Crippen LogP contribution in [0.4, 0.5) is 18.9 Å². The minimum absolute atomic E-state index is 0.128. The second-order valence-electron chi connectivity index (χ2n) is 5.73. The summed E-state index contributed by atoms with van der Waals surface area (Å²) in [5.74, 6) is 0.162. The van der Waals surface area contributed by atoms with Crippen molar-refractivity contribution in [2.24, 2.45) is 0 Å². The molecule has 148 valence electrons. The van der Waals surface area contributed by atoms with E-state index in [-0.39, 0.29) is 11.6 Å². The maximum absolute atomic E-state index is 12.2. The smallest absolute Gasteiger partial charge is 0.390 e. The Morgan fingerprint density at radius 3 is 2.25 bits per heavy atom. The molecular formula is C17H15F3N4O3S. The molecule has 11 heteroatoms. The Hall–Kier alpha value is -3.08. The molecule has 0 bridgehead atoms. The van der Waals surface area contributed by atoms with Crippen LogP contribution < -0.4 is 9.46 Å². The molecule has 3 aromatic rings. The van der Waals surface area contributed by atoms with Crippen molar-refractivity contribution in [3.63, 3.8) is 0 Å². The first-order valence-electron chi connectivity index (χ1n) is 8.02. The van der Waals surface area contributed by atoms with Gasteiger partial charge in [0.2, 0.25) is 15.9 Å². The maximum Gasteiger partial charge on any atom is 0.390 e. The van der Waals surface area contributed by atoms with Crippen LogP contribution in [0.25, 0.3) is 5.82 Å². The molecule has 0 fully saturated rings. The zero-order valence-electron chi connectivity index (χ0n) is 14.3. The normalized spacial score (nSPS) is 12.0. The summed E-state index contributed by atoms with van der Waals surface area (Å²) in [4.78, 5) is 0. The van der Waals surface area contributed by atoms with E-state index in [4.69, 9.17) is 4.74 Å². The highest BCUT2D eigenvalue weighted by Crippen LogP contribution is 2.23. The molecule has 0 radical (unpaired) electrons. The Morgan fingerprint density at radius 2 is 1.68 bits per heavy atom. The monoisotopic (exact) mass is 412 g/mol. The van der Waals surface area contributed by atoms with E-state index >= 15 is 0 Å². The van der Waals surface area contributed by atoms with Gasteiger partial charge in [0.05, 0.1) is 12.2 Å². The van der Waals surface area contributed by atoms with Gasteiger partial charge in [0.15, 0.2) is 5.82 Å². The van der Waals surface area contributed by atoms with Gasteiger partial charge in [-0.25, -0.2) is 8.42 Å². The van der Waals surface area contributed by atoms with Gasteiger partial charge in [0.25, 0.3) is 0 Å². The second kappa shape index (κ2) is 7.89. The summed E-state index contributed by atoms with van der Waals surface area (Å²) in [7, 11) is -4.10. The van der Waals surface area contributed by atoms with Crippen LogP contribution in [0.15, 0.2) is 60.9 Å². The highest BCUT2D eigenvalue weighted by molar-refractivity contribution is 7.92. The quantitative estimate of drug-likeness (QED) is 0.639. The molecular weight excluding hydrogens is 397 g/mol. The third kappa shape index (κ3) is 5.71. The van der Waals surface area contributed by atoms with Crippen LogP contribution in [0.2, 0.25) is 0 Å². The first kappa shape index (κ1) is 19.7. The number of ether oxygens (including phenoxy) is 1. The summed E-state index contributed by atoms with van der Waals surface area (Å²) in [5.41, 5.74) is 0.128. The number of benzene rings is 1. The third-order valence-electron chi connectivity index (χ3n) is 3.50. The van der Waals surface area contributed by atoms with Crippen molar-refractivity contribution < 1.29 is 26.3 Å². The van der Waals surface area contributed by atoms with Crippen LogP contribution in [0, 0.1) is 0 Å². The van der Waals surface area contributed by atoms with E-state index in [2.05, 4.69) is 14.9 Å². The minimum Gasteiger partial charge on any atom is -0.438 e. The number of nitrogens with zero attached hydrogens (tertiary/aromatic N) is 3. The minimum atomic E-state index is -4.54. The number of halogens is 3. The van der Waals surface area contributed by atoms with E-state index in [9.17, 15) is 21.6 Å². The van der Waals surface area contributed by atoms with Gasteiger partial charge in [0, 0.05) is 24.1 Å². The number of aromatic nitrogens is 3. The number of rotatable bonds is 7. The van der Waals surface area contributed by atoms with Gasteiger partial charge >= 0.3 is 6.18 Å². The molecule has 0 atom stereocenters. The molecule has 7 nitrogen and oxygen atoms in total. The van der Waals surface area contributed by atoms with Gasteiger partial charge in [0.1, 0.15) is 5.75 Å². The molecule has 0 saturated carbocycles. The predicted molar refractivity (Wildman–Crippen MR) is 96.0 cm³/mol. The average molecular weight is 412 g/mol. The van der Waals surface area contributed by atoms with Crippen LogP contribution in [-0.2, 0) is 10.0 Å². The molecule has 0 aliphatic heterocycles. The molecule has 0 aliphatic rings. The first-order chi connectivity index (χ1) is 13.2. The van der Waals surface area contributed by atoms with E-state index in [1.165, 1.54) is 24.3 Å². The molecule has 0 amide bonds. The zero-order valence-corrected chi connectivity index (χ0v) is 15.1. The highest BCUT2D eigenvalue weighted by atomic mass is 32.2. The SMILES string of the molecule is O=S(=O)(CCC(F)(F)F)Nc1ccc(Oc2ccc(-n3cccc3)nn2)cc1. The van der Waals surface area contributed by atoms with E-state index in [0.29, 0.717) is 11.6 Å². The van der Waals surface area contributed by atoms with Gasteiger partial charge < -0.3 is 9.30 Å². The molecule has 2 heterocycles. The number of sulfonamides is 1. The topological polar surface area (TPSA) is 86.1 Å². The second-order valence-corrected chi connectivity index (χ2v) is 7.57. The standard InChI is InChI=1S/C17H15F3N4O3S/c18-17(19,20)9-12-28(25,26)23-13-3-5-14(6-4-13)27-16-8-7-15(21-22-16)24-10-1-2-11-24/h1-8,10-11,23H,9,12H2. The van der Waals surface area contributed by atoms with Gasteiger partial charge in [-0.05, 0) is 42.5 Å². The van der Waals surface area contributed by atoms with Crippen LogP contribution >= 0.6 is 0 Å². The summed E-state index contributed by atoms with van der Waals surface area (Å²) in [6.45, 7) is 0. The van der Waals surface area contributed by atoms with Crippen molar-refractivity contribution in [3.8, 4) is 17.4 Å². The van der Waals surface area contributed by atoms with E-state index in [0.717, 1.165) is 0 Å². The van der Waals surface area contributed by atoms with Gasteiger partial charge in [-0.15, -0.1) is 10.2 Å². The summed E-state index contributed by atoms with van der Waals surface area (Å²) >= 11 is 0. The fraction of sp³-hybridized carbons (Fsp3) is 0.176. The summed E-state index contributed by atoms with van der Waals surface area (Å²) in [6.07, 6.45) is -2.32. The lowest BCUT2D eigenvalue weighted by molar-refractivity contribution is -0.129. The number of nitrogens with one attached hydrogen (secondary N) is 1. The van der Waals surface area contributed by atoms with Crippen molar-refractivity contribution in [1.29, 1.82) is 0 Å². The van der Waals surface area contributed by atoms with Crippen molar-refractivity contribution in [2.75, 3.05) is 10.5 Å². The zero-order chi connectivity index (χ0) is 20.2. The highest BCUT2D eigenvalue weighted by Gasteiger charge is 2.29. The van der Waals surface area contributed by atoms with Crippen molar-refractivity contribution in [2.45, 2.75) is 12.6 Å². The van der Waals surface area contributed by atoms with Gasteiger partial charge in [-0.2, -0.15) is 13.2 Å². The molecule has 1 N–H and O–H groups in total. The fourth-order valence-corrected chi connectivity index (χ4v) is 3.28. The Kier molecular flexibility index (Phi) is 5.54. The lowest BCUT2D eigenvalue weighted by Gasteiger charge is -2.10. The molecule has 1 aromatic carbocycles. The van der Waals surface area contributed by atoms with E-state index in [1.807, 2.05) is 24.5 Å². The number of alkyl halides is 3. The largest absolute Gasteiger partial charge is 0.438 e. The molecule has 2 aromatic heterocycles. The Bertz CT molecular complexity index is 1000. The Labute approximate surface area is 158 Å². The summed E-state index contributed by atoms with van der Waals surface area (Å²) in [5, 5.41) is 7.98. The van der Waals surface area contributed by atoms with E-state index in [1.54, 1.807) is 16.7 Å². The van der Waals surface area contributed by atoms with Crippen LogP contribution in [0.1, 0.15) is 6.42 Å². The number of hydrogen-bond donors (Lipinski definition) is 1. The lowest BCUT2D eigenvalue weighted by atomic mass is 10.3. The fourth-order valence-electron chi connectivity index (χ4n) is 2.18. The average Bonchev–Trinajstić information content (AvgIpc) is 3.16. The van der Waals surface area contributed by atoms with Gasteiger partial charge in [-0.1, -0.05) is 0 Å². The molecule has 0 spiro atoms. The lowest BCUT2D eigenvalue weighted by Crippen LogP contribution is -2.21. The Balaban J connectivity index is 1.60. The maximum atomic E-state index is 12.2. The molecule has 3 rings (SSSR count). The summed E-state index contributed by atoms with van der Waals surface area (Å²) in [6, 6.07) is 12.7. The first-order valence-corrected chi connectivity index (χ1v) is 9.68.